The Morgan fingerprint density at radius 2 is 2.20 bits per heavy atom. The van der Waals surface area contributed by atoms with Crippen molar-refractivity contribution in [2.24, 2.45) is 5.92 Å². The molecule has 4 heteroatoms. The van der Waals surface area contributed by atoms with Crippen molar-refractivity contribution in [1.29, 1.82) is 0 Å². The summed E-state index contributed by atoms with van der Waals surface area (Å²) in [7, 11) is 0. The van der Waals surface area contributed by atoms with Crippen LogP contribution < -0.4 is 0 Å². The van der Waals surface area contributed by atoms with E-state index in [1.807, 2.05) is 0 Å². The second-order valence-corrected chi connectivity index (χ2v) is 4.99. The Hall–Kier alpha value is -1.86. The molecule has 1 aromatic carbocycles. The average Bonchev–Trinajstić information content (AvgIpc) is 2.48. The number of ether oxygens (including phenoxy) is 1. The number of piperidine rings is 1. The summed E-state index contributed by atoms with van der Waals surface area (Å²) in [5.74, 6) is 2.37. The molecule has 0 aromatic heterocycles. The van der Waals surface area contributed by atoms with Crippen LogP contribution in [0.15, 0.2) is 24.3 Å². The number of carbonyl (C=O) groups is 1. The maximum atomic E-state index is 12.9. The highest BCUT2D eigenvalue weighted by Crippen LogP contribution is 2.19. The van der Waals surface area contributed by atoms with E-state index in [1.54, 1.807) is 4.90 Å². The van der Waals surface area contributed by atoms with Gasteiger partial charge in [-0.15, -0.1) is 6.42 Å². The molecule has 1 aliphatic rings. The van der Waals surface area contributed by atoms with E-state index < -0.39 is 0 Å². The minimum absolute atomic E-state index is 0.0494. The highest BCUT2D eigenvalue weighted by Gasteiger charge is 2.24. The smallest absolute Gasteiger partial charge is 0.253 e. The van der Waals surface area contributed by atoms with E-state index in [4.69, 9.17) is 11.2 Å². The topological polar surface area (TPSA) is 29.5 Å². The summed E-state index contributed by atoms with van der Waals surface area (Å²) in [5.41, 5.74) is 0.525. The molecule has 1 saturated heterocycles. The second kappa shape index (κ2) is 7.06. The van der Waals surface area contributed by atoms with Crippen LogP contribution in [0.5, 0.6) is 0 Å². The van der Waals surface area contributed by atoms with Crippen LogP contribution in [0.4, 0.5) is 4.39 Å². The zero-order chi connectivity index (χ0) is 14.4. The molecule has 2 rings (SSSR count). The summed E-state index contributed by atoms with van der Waals surface area (Å²) in [5, 5.41) is 0. The minimum Gasteiger partial charge on any atom is -0.368 e. The van der Waals surface area contributed by atoms with Gasteiger partial charge in [-0.1, -0.05) is 5.92 Å². The first-order valence-electron chi connectivity index (χ1n) is 6.76. The van der Waals surface area contributed by atoms with Gasteiger partial charge >= 0.3 is 0 Å². The average molecular weight is 275 g/mol. The number of halogens is 1. The number of carbonyl (C=O) groups excluding carboxylic acids is 1. The van der Waals surface area contributed by atoms with Gasteiger partial charge in [0.15, 0.2) is 0 Å². The van der Waals surface area contributed by atoms with Gasteiger partial charge in [-0.3, -0.25) is 4.79 Å². The van der Waals surface area contributed by atoms with Crippen molar-refractivity contribution in [3.8, 4) is 12.3 Å². The summed E-state index contributed by atoms with van der Waals surface area (Å²) in [6.45, 7) is 2.29. The van der Waals surface area contributed by atoms with Crippen molar-refractivity contribution in [2.45, 2.75) is 12.8 Å². The van der Waals surface area contributed by atoms with Crippen molar-refractivity contribution in [2.75, 3.05) is 26.3 Å². The molecule has 1 amide bonds. The number of amides is 1. The first kappa shape index (κ1) is 14.5. The van der Waals surface area contributed by atoms with E-state index in [0.717, 1.165) is 19.4 Å². The lowest BCUT2D eigenvalue weighted by atomic mass is 9.98. The van der Waals surface area contributed by atoms with Gasteiger partial charge in [0.1, 0.15) is 12.4 Å². The molecule has 0 saturated carbocycles. The van der Waals surface area contributed by atoms with Crippen LogP contribution in [-0.2, 0) is 4.74 Å². The predicted molar refractivity (Wildman–Crippen MR) is 74.7 cm³/mol. The summed E-state index contributed by atoms with van der Waals surface area (Å²) >= 11 is 0. The Morgan fingerprint density at radius 1 is 1.45 bits per heavy atom. The number of nitrogens with zero attached hydrogens (tertiary/aromatic N) is 1. The van der Waals surface area contributed by atoms with Gasteiger partial charge in [0.05, 0.1) is 6.61 Å². The normalized spacial score (nSPS) is 18.6. The zero-order valence-corrected chi connectivity index (χ0v) is 11.3. The van der Waals surface area contributed by atoms with Crippen LogP contribution in [0, 0.1) is 24.1 Å². The molecule has 0 spiro atoms. The Bertz CT molecular complexity index is 492. The minimum atomic E-state index is -0.333. The van der Waals surface area contributed by atoms with Crippen LogP contribution in [0.25, 0.3) is 0 Å². The summed E-state index contributed by atoms with van der Waals surface area (Å²) in [6, 6.07) is 5.67. The maximum Gasteiger partial charge on any atom is 0.253 e. The van der Waals surface area contributed by atoms with Crippen molar-refractivity contribution < 1.29 is 13.9 Å². The number of benzene rings is 1. The third kappa shape index (κ3) is 3.82. The van der Waals surface area contributed by atoms with Gasteiger partial charge < -0.3 is 9.64 Å². The highest BCUT2D eigenvalue weighted by atomic mass is 19.1. The molecule has 3 nitrogen and oxygen atoms in total. The van der Waals surface area contributed by atoms with E-state index in [2.05, 4.69) is 5.92 Å². The summed E-state index contributed by atoms with van der Waals surface area (Å²) in [6.07, 6.45) is 7.13. The third-order valence-corrected chi connectivity index (χ3v) is 3.44. The fourth-order valence-corrected chi connectivity index (χ4v) is 2.45. The number of hydrogen-bond donors (Lipinski definition) is 0. The van der Waals surface area contributed by atoms with E-state index in [-0.39, 0.29) is 11.7 Å². The van der Waals surface area contributed by atoms with Gasteiger partial charge in [0, 0.05) is 24.6 Å². The molecular weight excluding hydrogens is 257 g/mol. The molecule has 1 unspecified atom stereocenters. The molecule has 1 aliphatic heterocycles. The Kier molecular flexibility index (Phi) is 5.14. The monoisotopic (exact) mass is 275 g/mol. The van der Waals surface area contributed by atoms with Gasteiger partial charge in [-0.05, 0) is 37.1 Å². The molecule has 0 aliphatic carbocycles. The quantitative estimate of drug-likeness (QED) is 0.623. The Morgan fingerprint density at radius 3 is 2.90 bits per heavy atom. The third-order valence-electron chi connectivity index (χ3n) is 3.44. The summed E-state index contributed by atoms with van der Waals surface area (Å²) < 4.78 is 18.2. The highest BCUT2D eigenvalue weighted by molar-refractivity contribution is 5.94. The lowest BCUT2D eigenvalue weighted by Crippen LogP contribution is -2.41. The van der Waals surface area contributed by atoms with E-state index in [1.165, 1.54) is 24.3 Å². The fourth-order valence-electron chi connectivity index (χ4n) is 2.45. The van der Waals surface area contributed by atoms with Crippen LogP contribution in [0.2, 0.25) is 0 Å². The predicted octanol–water partition coefficient (Wildman–Crippen LogP) is 2.33. The van der Waals surface area contributed by atoms with Crippen LogP contribution >= 0.6 is 0 Å². The van der Waals surface area contributed by atoms with E-state index in [9.17, 15) is 9.18 Å². The van der Waals surface area contributed by atoms with Crippen LogP contribution in [0.3, 0.4) is 0 Å². The number of hydrogen-bond acceptors (Lipinski definition) is 2. The molecule has 0 radical (unpaired) electrons. The number of likely N-dealkylation sites (tertiary alicyclic amines) is 1. The molecule has 20 heavy (non-hydrogen) atoms. The van der Waals surface area contributed by atoms with E-state index >= 15 is 0 Å². The van der Waals surface area contributed by atoms with Crippen molar-refractivity contribution in [1.82, 2.24) is 4.90 Å². The van der Waals surface area contributed by atoms with Gasteiger partial charge in [-0.2, -0.15) is 0 Å². The molecule has 1 heterocycles. The van der Waals surface area contributed by atoms with Gasteiger partial charge in [-0.25, -0.2) is 4.39 Å². The first-order valence-corrected chi connectivity index (χ1v) is 6.76. The van der Waals surface area contributed by atoms with Crippen LogP contribution in [0.1, 0.15) is 23.2 Å². The molecule has 0 bridgehead atoms. The zero-order valence-electron chi connectivity index (χ0n) is 11.3. The maximum absolute atomic E-state index is 12.9. The number of terminal acetylenes is 1. The van der Waals surface area contributed by atoms with Crippen LogP contribution in [-0.4, -0.2) is 37.1 Å². The molecule has 0 N–H and O–H groups in total. The standard InChI is InChI=1S/C16H18FNO2/c1-2-10-20-12-13-4-3-9-18(11-13)16(19)14-5-7-15(17)8-6-14/h1,5-8,13H,3-4,9-12H2. The van der Waals surface area contributed by atoms with Gasteiger partial charge in [0.25, 0.3) is 5.91 Å². The Balaban J connectivity index is 1.93. The van der Waals surface area contributed by atoms with Crippen molar-refractivity contribution >= 4 is 5.91 Å². The molecular formula is C16H18FNO2. The SMILES string of the molecule is C#CCOCC1CCCN(C(=O)c2ccc(F)cc2)C1. The number of rotatable bonds is 4. The molecule has 1 atom stereocenters. The van der Waals surface area contributed by atoms with Gasteiger partial charge in [0.2, 0.25) is 0 Å². The lowest BCUT2D eigenvalue weighted by Gasteiger charge is -2.32. The van der Waals surface area contributed by atoms with Crippen molar-refractivity contribution in [3.05, 3.63) is 35.6 Å². The molecule has 106 valence electrons. The second-order valence-electron chi connectivity index (χ2n) is 4.99. The van der Waals surface area contributed by atoms with E-state index in [0.29, 0.717) is 31.2 Å². The fraction of sp³-hybridized carbons (Fsp3) is 0.438. The first-order chi connectivity index (χ1) is 9.70. The summed E-state index contributed by atoms with van der Waals surface area (Å²) in [4.78, 5) is 14.1. The molecule has 1 aromatic rings. The van der Waals surface area contributed by atoms with Crippen molar-refractivity contribution in [3.63, 3.8) is 0 Å². The molecule has 1 fully saturated rings. The lowest BCUT2D eigenvalue weighted by molar-refractivity contribution is 0.0534. The Labute approximate surface area is 118 Å². The largest absolute Gasteiger partial charge is 0.368 e.